The molecule has 2 rings (SSSR count). The molecule has 1 aliphatic heterocycles. The largest absolute Gasteiger partial charge is 0.276 e. The zero-order valence-electron chi connectivity index (χ0n) is 9.30. The number of benzene rings is 1. The average molecular weight is 309 g/mol. The number of carbonyl (C=O) groups excluding carboxylic acids is 1. The highest BCUT2D eigenvalue weighted by atomic mass is 35.5. The zero-order valence-corrected chi connectivity index (χ0v) is 11.7. The van der Waals surface area contributed by atoms with E-state index in [2.05, 4.69) is 0 Å². The molecule has 18 heavy (non-hydrogen) atoms. The fourth-order valence-electron chi connectivity index (χ4n) is 1.94. The van der Waals surface area contributed by atoms with Crippen molar-refractivity contribution in [2.75, 3.05) is 11.5 Å². The lowest BCUT2D eigenvalue weighted by Crippen LogP contribution is -2.27. The summed E-state index contributed by atoms with van der Waals surface area (Å²) in [6.07, 6.45) is 0. The van der Waals surface area contributed by atoms with Crippen molar-refractivity contribution in [3.8, 4) is 0 Å². The van der Waals surface area contributed by atoms with E-state index in [-0.39, 0.29) is 20.9 Å². The Balaban J connectivity index is 2.95. The van der Waals surface area contributed by atoms with Gasteiger partial charge in [-0.05, 0) is 36.2 Å². The number of hydrogen-bond acceptors (Lipinski definition) is 5. The lowest BCUT2D eigenvalue weighted by atomic mass is 10.1. The second-order valence-corrected chi connectivity index (χ2v) is 8.44. The number of sulfone groups is 2. The van der Waals surface area contributed by atoms with Gasteiger partial charge in [-0.2, -0.15) is 0 Å². The summed E-state index contributed by atoms with van der Waals surface area (Å²) >= 11 is 5.33. The van der Waals surface area contributed by atoms with Gasteiger partial charge in [0, 0.05) is 5.56 Å². The fraction of sp³-hybridized carbons (Fsp3) is 0.300. The molecule has 0 unspecified atom stereocenters. The van der Waals surface area contributed by atoms with Crippen molar-refractivity contribution in [2.24, 2.45) is 0 Å². The molecule has 0 bridgehead atoms. The van der Waals surface area contributed by atoms with E-state index in [4.69, 9.17) is 11.6 Å². The second-order valence-electron chi connectivity index (χ2n) is 3.98. The van der Waals surface area contributed by atoms with Crippen LogP contribution in [-0.2, 0) is 19.7 Å². The van der Waals surface area contributed by atoms with Crippen molar-refractivity contribution in [1.82, 2.24) is 0 Å². The van der Waals surface area contributed by atoms with Gasteiger partial charge in [0.05, 0.1) is 21.3 Å². The molecule has 0 radical (unpaired) electrons. The molecule has 8 heteroatoms. The second kappa shape index (κ2) is 4.04. The van der Waals surface area contributed by atoms with Crippen LogP contribution in [0.1, 0.15) is 15.9 Å². The summed E-state index contributed by atoms with van der Waals surface area (Å²) in [5, 5.41) is -0.812. The molecular weight excluding hydrogens is 300 g/mol. The molecule has 0 spiro atoms. The van der Waals surface area contributed by atoms with Gasteiger partial charge in [0.25, 0.3) is 5.24 Å². The normalized spacial score (nSPS) is 20.1. The Bertz CT molecular complexity index is 747. The van der Waals surface area contributed by atoms with E-state index in [0.29, 0.717) is 0 Å². The Morgan fingerprint density at radius 2 is 1.67 bits per heavy atom. The average Bonchev–Trinajstić information content (AvgIpc) is 2.24. The van der Waals surface area contributed by atoms with Crippen LogP contribution in [0.4, 0.5) is 0 Å². The predicted octanol–water partition coefficient (Wildman–Crippen LogP) is 0.935. The van der Waals surface area contributed by atoms with Crippen LogP contribution in [-0.4, -0.2) is 33.6 Å². The first kappa shape index (κ1) is 13.5. The standard InChI is InChI=1S/C10H9ClO5S2/c1-6-7(10(11)12)2-3-8-9(6)18(15,16)5-4-17(8,13)14/h2-3H,4-5H2,1H3. The monoisotopic (exact) mass is 308 g/mol. The molecule has 1 aromatic carbocycles. The minimum atomic E-state index is -3.69. The fourth-order valence-corrected chi connectivity index (χ4v) is 6.75. The lowest BCUT2D eigenvalue weighted by molar-refractivity contribution is 0.108. The molecule has 5 nitrogen and oxygen atoms in total. The molecule has 0 atom stereocenters. The molecule has 0 aromatic heterocycles. The zero-order chi connectivity index (χ0) is 13.7. The SMILES string of the molecule is Cc1c(C(=O)Cl)ccc2c1S(=O)(=O)CCS2(=O)=O. The first-order valence-electron chi connectivity index (χ1n) is 4.96. The van der Waals surface area contributed by atoms with Gasteiger partial charge in [-0.25, -0.2) is 16.8 Å². The molecule has 1 aromatic rings. The highest BCUT2D eigenvalue weighted by molar-refractivity contribution is 7.98. The quantitative estimate of drug-likeness (QED) is 0.721. The Hall–Kier alpha value is -0.920. The first-order valence-corrected chi connectivity index (χ1v) is 8.64. The number of rotatable bonds is 1. The van der Waals surface area contributed by atoms with Gasteiger partial charge in [-0.15, -0.1) is 0 Å². The molecule has 0 fully saturated rings. The van der Waals surface area contributed by atoms with Crippen LogP contribution in [0.2, 0.25) is 0 Å². The summed E-state index contributed by atoms with van der Waals surface area (Å²) in [6, 6.07) is 2.37. The van der Waals surface area contributed by atoms with Gasteiger partial charge in [0.15, 0.2) is 19.7 Å². The van der Waals surface area contributed by atoms with Crippen LogP contribution in [0.25, 0.3) is 0 Å². The lowest BCUT2D eigenvalue weighted by Gasteiger charge is -2.19. The van der Waals surface area contributed by atoms with Crippen LogP contribution >= 0.6 is 11.6 Å². The third-order valence-corrected chi connectivity index (χ3v) is 7.08. The van der Waals surface area contributed by atoms with Gasteiger partial charge in [0.2, 0.25) is 0 Å². The highest BCUT2D eigenvalue weighted by Gasteiger charge is 2.36. The maximum absolute atomic E-state index is 11.9. The number of hydrogen-bond donors (Lipinski definition) is 0. The van der Waals surface area contributed by atoms with E-state index in [0.717, 1.165) is 6.07 Å². The molecule has 0 aliphatic carbocycles. The van der Waals surface area contributed by atoms with Crippen molar-refractivity contribution < 1.29 is 21.6 Å². The van der Waals surface area contributed by atoms with Crippen molar-refractivity contribution >= 4 is 36.5 Å². The maximum Gasteiger partial charge on any atom is 0.252 e. The van der Waals surface area contributed by atoms with Gasteiger partial charge in [-0.3, -0.25) is 4.79 Å². The van der Waals surface area contributed by atoms with Crippen molar-refractivity contribution in [3.63, 3.8) is 0 Å². The van der Waals surface area contributed by atoms with Crippen LogP contribution < -0.4 is 0 Å². The Morgan fingerprint density at radius 3 is 2.22 bits per heavy atom. The van der Waals surface area contributed by atoms with E-state index in [1.807, 2.05) is 0 Å². The van der Waals surface area contributed by atoms with Crippen molar-refractivity contribution in [2.45, 2.75) is 16.7 Å². The molecule has 1 heterocycles. The van der Waals surface area contributed by atoms with E-state index in [9.17, 15) is 21.6 Å². The van der Waals surface area contributed by atoms with Crippen molar-refractivity contribution in [1.29, 1.82) is 0 Å². The molecule has 98 valence electrons. The maximum atomic E-state index is 11.9. The van der Waals surface area contributed by atoms with Gasteiger partial charge >= 0.3 is 0 Å². The van der Waals surface area contributed by atoms with Gasteiger partial charge < -0.3 is 0 Å². The van der Waals surface area contributed by atoms with Crippen molar-refractivity contribution in [3.05, 3.63) is 23.3 Å². The highest BCUT2D eigenvalue weighted by Crippen LogP contribution is 2.33. The van der Waals surface area contributed by atoms with E-state index in [1.54, 1.807) is 0 Å². The first-order chi connectivity index (χ1) is 8.17. The molecule has 0 amide bonds. The number of fused-ring (bicyclic) bond motifs is 1. The van der Waals surface area contributed by atoms with Crippen LogP contribution in [0.15, 0.2) is 21.9 Å². The smallest absolute Gasteiger partial charge is 0.252 e. The molecule has 1 aliphatic rings. The summed E-state index contributed by atoms with van der Waals surface area (Å²) in [7, 11) is -7.30. The third kappa shape index (κ3) is 1.96. The molecular formula is C10H9ClO5S2. The molecule has 0 saturated carbocycles. The van der Waals surface area contributed by atoms with E-state index >= 15 is 0 Å². The van der Waals surface area contributed by atoms with Crippen LogP contribution in [0.3, 0.4) is 0 Å². The molecule has 0 N–H and O–H groups in total. The summed E-state index contributed by atoms with van der Waals surface area (Å²) in [5.74, 6) is -0.904. The topological polar surface area (TPSA) is 85.3 Å². The number of carbonyl (C=O) groups is 1. The summed E-state index contributed by atoms with van der Waals surface area (Å²) in [5.41, 5.74) is 0.104. The Labute approximate surface area is 110 Å². The molecule has 0 saturated heterocycles. The minimum absolute atomic E-state index is 0.0103. The third-order valence-electron chi connectivity index (χ3n) is 2.85. The Kier molecular flexibility index (Phi) is 3.03. The van der Waals surface area contributed by atoms with E-state index in [1.165, 1.54) is 13.0 Å². The summed E-state index contributed by atoms with van der Waals surface area (Å²) in [6.45, 7) is 1.38. The Morgan fingerprint density at radius 1 is 1.11 bits per heavy atom. The summed E-state index contributed by atoms with van der Waals surface area (Å²) in [4.78, 5) is 10.6. The van der Waals surface area contributed by atoms with Gasteiger partial charge in [-0.1, -0.05) is 0 Å². The van der Waals surface area contributed by atoms with Crippen LogP contribution in [0.5, 0.6) is 0 Å². The summed E-state index contributed by atoms with van der Waals surface area (Å²) < 4.78 is 47.5. The van der Waals surface area contributed by atoms with Crippen LogP contribution in [0, 0.1) is 6.92 Å². The van der Waals surface area contributed by atoms with Gasteiger partial charge in [0.1, 0.15) is 0 Å². The number of halogens is 1. The predicted molar refractivity (Wildman–Crippen MR) is 65.5 cm³/mol. The van der Waals surface area contributed by atoms with E-state index < -0.39 is 36.4 Å². The minimum Gasteiger partial charge on any atom is -0.276 e.